The van der Waals surface area contributed by atoms with E-state index in [-0.39, 0.29) is 0 Å². The van der Waals surface area contributed by atoms with Gasteiger partial charge in [0.15, 0.2) is 0 Å². The average molecular weight is 241 g/mol. The second kappa shape index (κ2) is 9.15. The first-order valence-corrected chi connectivity index (χ1v) is 6.08. The Kier molecular flexibility index (Phi) is 7.62. The number of aryl methyl sites for hydroxylation is 1. The van der Waals surface area contributed by atoms with Crippen LogP contribution in [0.25, 0.3) is 0 Å². The monoisotopic (exact) mass is 241 g/mol. The fraction of sp³-hybridized carbons (Fsp3) is 0.750. The molecule has 0 atom stereocenters. The number of rotatable bonds is 10. The van der Waals surface area contributed by atoms with Crippen molar-refractivity contribution in [1.29, 1.82) is 0 Å². The minimum absolute atomic E-state index is 0.674. The van der Waals surface area contributed by atoms with Gasteiger partial charge in [-0.3, -0.25) is 0 Å². The quantitative estimate of drug-likeness (QED) is 0.622. The van der Waals surface area contributed by atoms with Crippen molar-refractivity contribution in [1.82, 2.24) is 14.9 Å². The lowest BCUT2D eigenvalue weighted by Crippen LogP contribution is -2.11. The van der Waals surface area contributed by atoms with Gasteiger partial charge in [-0.25, -0.2) is 4.98 Å². The first kappa shape index (κ1) is 14.2. The molecule has 1 heterocycles. The van der Waals surface area contributed by atoms with E-state index in [0.29, 0.717) is 13.2 Å². The summed E-state index contributed by atoms with van der Waals surface area (Å²) >= 11 is 0. The molecule has 0 bridgehead atoms. The molecule has 0 amide bonds. The molecule has 98 valence electrons. The van der Waals surface area contributed by atoms with E-state index in [1.807, 2.05) is 19.6 Å². The standard InChI is InChI=1S/C12H23N3O2/c1-13-9-12-10-14-11-15(12)5-3-4-6-17-8-7-16-2/h10-11,13H,3-9H2,1-2H3. The molecule has 0 saturated heterocycles. The number of hydrogen-bond acceptors (Lipinski definition) is 4. The molecule has 0 unspecified atom stereocenters. The molecule has 0 aromatic carbocycles. The van der Waals surface area contributed by atoms with Crippen LogP contribution < -0.4 is 5.32 Å². The maximum absolute atomic E-state index is 5.41. The van der Waals surface area contributed by atoms with Crippen LogP contribution in [0, 0.1) is 0 Å². The zero-order valence-electron chi connectivity index (χ0n) is 10.8. The number of aromatic nitrogens is 2. The highest BCUT2D eigenvalue weighted by Crippen LogP contribution is 2.02. The Hall–Kier alpha value is -0.910. The van der Waals surface area contributed by atoms with Crippen LogP contribution in [0.2, 0.25) is 0 Å². The van der Waals surface area contributed by atoms with Crippen LogP contribution in [0.4, 0.5) is 0 Å². The van der Waals surface area contributed by atoms with E-state index in [2.05, 4.69) is 14.9 Å². The summed E-state index contributed by atoms with van der Waals surface area (Å²) in [5.74, 6) is 0. The summed E-state index contributed by atoms with van der Waals surface area (Å²) < 4.78 is 12.5. The molecule has 1 aromatic rings. The van der Waals surface area contributed by atoms with Gasteiger partial charge < -0.3 is 19.4 Å². The number of nitrogens with zero attached hydrogens (tertiary/aromatic N) is 2. The van der Waals surface area contributed by atoms with Gasteiger partial charge in [0.05, 0.1) is 25.2 Å². The lowest BCUT2D eigenvalue weighted by molar-refractivity contribution is 0.0684. The van der Waals surface area contributed by atoms with E-state index in [4.69, 9.17) is 9.47 Å². The van der Waals surface area contributed by atoms with Crippen molar-refractivity contribution in [3.05, 3.63) is 18.2 Å². The highest BCUT2D eigenvalue weighted by atomic mass is 16.5. The molecule has 17 heavy (non-hydrogen) atoms. The van der Waals surface area contributed by atoms with Gasteiger partial charge in [-0.1, -0.05) is 0 Å². The van der Waals surface area contributed by atoms with Crippen LogP contribution in [-0.4, -0.2) is 43.5 Å². The molecule has 0 aliphatic carbocycles. The van der Waals surface area contributed by atoms with Gasteiger partial charge in [0, 0.05) is 33.0 Å². The second-order valence-corrected chi connectivity index (χ2v) is 3.92. The van der Waals surface area contributed by atoms with E-state index < -0.39 is 0 Å². The Balaban J connectivity index is 2.07. The summed E-state index contributed by atoms with van der Waals surface area (Å²) in [5, 5.41) is 3.14. The Labute approximate surface area is 103 Å². The topological polar surface area (TPSA) is 48.3 Å². The molecule has 0 spiro atoms. The van der Waals surface area contributed by atoms with Crippen molar-refractivity contribution in [3.8, 4) is 0 Å². The first-order valence-electron chi connectivity index (χ1n) is 6.08. The minimum atomic E-state index is 0.674. The second-order valence-electron chi connectivity index (χ2n) is 3.92. The Morgan fingerprint density at radius 1 is 1.29 bits per heavy atom. The highest BCUT2D eigenvalue weighted by Gasteiger charge is 2.00. The van der Waals surface area contributed by atoms with Crippen molar-refractivity contribution in [2.24, 2.45) is 0 Å². The van der Waals surface area contributed by atoms with Gasteiger partial charge in [-0.15, -0.1) is 0 Å². The summed E-state index contributed by atoms with van der Waals surface area (Å²) in [7, 11) is 3.63. The fourth-order valence-corrected chi connectivity index (χ4v) is 1.61. The van der Waals surface area contributed by atoms with E-state index in [1.165, 1.54) is 5.69 Å². The van der Waals surface area contributed by atoms with Crippen LogP contribution in [-0.2, 0) is 22.6 Å². The normalized spacial score (nSPS) is 10.9. The van der Waals surface area contributed by atoms with Gasteiger partial charge in [-0.2, -0.15) is 0 Å². The lowest BCUT2D eigenvalue weighted by atomic mass is 10.3. The van der Waals surface area contributed by atoms with Crippen LogP contribution in [0.1, 0.15) is 18.5 Å². The number of methoxy groups -OCH3 is 1. The smallest absolute Gasteiger partial charge is 0.0948 e. The van der Waals surface area contributed by atoms with Crippen LogP contribution in [0.15, 0.2) is 12.5 Å². The largest absolute Gasteiger partial charge is 0.382 e. The van der Waals surface area contributed by atoms with Crippen LogP contribution in [0.3, 0.4) is 0 Å². The zero-order chi connectivity index (χ0) is 12.3. The predicted molar refractivity (Wildman–Crippen MR) is 66.9 cm³/mol. The predicted octanol–water partition coefficient (Wildman–Crippen LogP) is 1.05. The Morgan fingerprint density at radius 3 is 2.94 bits per heavy atom. The maximum atomic E-state index is 5.41. The molecular weight excluding hydrogens is 218 g/mol. The molecule has 1 rings (SSSR count). The molecule has 1 N–H and O–H groups in total. The Morgan fingerprint density at radius 2 is 2.18 bits per heavy atom. The summed E-state index contributed by atoms with van der Waals surface area (Å²) in [6, 6.07) is 0. The average Bonchev–Trinajstić information content (AvgIpc) is 2.76. The SMILES string of the molecule is CNCc1cncn1CCCCOCCOC. The van der Waals surface area contributed by atoms with Crippen molar-refractivity contribution in [2.45, 2.75) is 25.9 Å². The summed E-state index contributed by atoms with van der Waals surface area (Å²) in [4.78, 5) is 4.16. The van der Waals surface area contributed by atoms with Crippen LogP contribution >= 0.6 is 0 Å². The number of hydrogen-bond donors (Lipinski definition) is 1. The molecule has 0 aliphatic rings. The van der Waals surface area contributed by atoms with E-state index in [9.17, 15) is 0 Å². The highest BCUT2D eigenvalue weighted by molar-refractivity contribution is 4.97. The van der Waals surface area contributed by atoms with Crippen molar-refractivity contribution in [2.75, 3.05) is 34.0 Å². The van der Waals surface area contributed by atoms with Crippen molar-refractivity contribution >= 4 is 0 Å². The van der Waals surface area contributed by atoms with Crippen molar-refractivity contribution < 1.29 is 9.47 Å². The zero-order valence-corrected chi connectivity index (χ0v) is 10.8. The molecule has 1 aromatic heterocycles. The summed E-state index contributed by atoms with van der Waals surface area (Å²) in [5.41, 5.74) is 1.23. The summed E-state index contributed by atoms with van der Waals surface area (Å²) in [6.07, 6.45) is 5.98. The number of unbranched alkanes of at least 4 members (excludes halogenated alkanes) is 1. The van der Waals surface area contributed by atoms with E-state index in [0.717, 1.165) is 32.5 Å². The van der Waals surface area contributed by atoms with Gasteiger partial charge >= 0.3 is 0 Å². The molecule has 0 aliphatic heterocycles. The molecular formula is C12H23N3O2. The molecule has 5 heteroatoms. The lowest BCUT2D eigenvalue weighted by Gasteiger charge is -2.08. The molecule has 0 radical (unpaired) electrons. The number of nitrogens with one attached hydrogen (secondary N) is 1. The molecule has 5 nitrogen and oxygen atoms in total. The third-order valence-corrected chi connectivity index (χ3v) is 2.53. The first-order chi connectivity index (χ1) is 8.38. The van der Waals surface area contributed by atoms with Gasteiger partial charge in [0.25, 0.3) is 0 Å². The third kappa shape index (κ3) is 5.81. The van der Waals surface area contributed by atoms with Gasteiger partial charge in [-0.05, 0) is 19.9 Å². The van der Waals surface area contributed by atoms with E-state index in [1.54, 1.807) is 7.11 Å². The van der Waals surface area contributed by atoms with Gasteiger partial charge in [0.2, 0.25) is 0 Å². The maximum Gasteiger partial charge on any atom is 0.0948 e. The molecule has 0 saturated carbocycles. The number of imidazole rings is 1. The molecule has 0 fully saturated rings. The van der Waals surface area contributed by atoms with E-state index >= 15 is 0 Å². The third-order valence-electron chi connectivity index (χ3n) is 2.53. The fourth-order valence-electron chi connectivity index (χ4n) is 1.61. The summed E-state index contributed by atoms with van der Waals surface area (Å²) in [6.45, 7) is 4.04. The minimum Gasteiger partial charge on any atom is -0.382 e. The van der Waals surface area contributed by atoms with Gasteiger partial charge in [0.1, 0.15) is 0 Å². The Bertz CT molecular complexity index is 289. The van der Waals surface area contributed by atoms with Crippen LogP contribution in [0.5, 0.6) is 0 Å². The number of ether oxygens (including phenoxy) is 2. The van der Waals surface area contributed by atoms with Crippen molar-refractivity contribution in [3.63, 3.8) is 0 Å².